The normalized spacial score (nSPS) is 12.3. The van der Waals surface area contributed by atoms with Gasteiger partial charge in [-0.05, 0) is 6.07 Å². The number of nitrogens with zero attached hydrogens (tertiary/aromatic N) is 1. The molecule has 0 radical (unpaired) electrons. The van der Waals surface area contributed by atoms with E-state index in [1.807, 2.05) is 0 Å². The van der Waals surface area contributed by atoms with Crippen molar-refractivity contribution in [2.75, 3.05) is 13.1 Å². The summed E-state index contributed by atoms with van der Waals surface area (Å²) in [6.07, 6.45) is 0. The third kappa shape index (κ3) is 2.57. The molecular weight excluding hydrogens is 234 g/mol. The zero-order chi connectivity index (χ0) is 11.5. The lowest BCUT2D eigenvalue weighted by Gasteiger charge is -2.17. The van der Waals surface area contributed by atoms with Gasteiger partial charge >= 0.3 is 0 Å². The van der Waals surface area contributed by atoms with Crippen molar-refractivity contribution in [2.45, 2.75) is 25.3 Å². The molecule has 0 unspecified atom stereocenters. The summed E-state index contributed by atoms with van der Waals surface area (Å²) in [5.41, 5.74) is 0. The third-order valence-electron chi connectivity index (χ3n) is 2.13. The molecule has 0 fully saturated rings. The number of aliphatic hydroxyl groups is 1. The number of rotatable bonds is 5. The lowest BCUT2D eigenvalue weighted by atomic mass is 10.5. The average molecular weight is 249 g/mol. The van der Waals surface area contributed by atoms with Crippen LogP contribution in [-0.2, 0) is 16.6 Å². The van der Waals surface area contributed by atoms with E-state index in [1.54, 1.807) is 19.2 Å². The van der Waals surface area contributed by atoms with Crippen LogP contribution in [0.3, 0.4) is 0 Å². The van der Waals surface area contributed by atoms with E-state index >= 15 is 0 Å². The van der Waals surface area contributed by atoms with Gasteiger partial charge in [-0.25, -0.2) is 8.42 Å². The fourth-order valence-corrected chi connectivity index (χ4v) is 3.87. The van der Waals surface area contributed by atoms with Crippen molar-refractivity contribution in [3.05, 3.63) is 16.3 Å². The smallest absolute Gasteiger partial charge is 0.243 e. The fraction of sp³-hybridized carbons (Fsp3) is 0.556. The maximum Gasteiger partial charge on any atom is 0.243 e. The lowest BCUT2D eigenvalue weighted by molar-refractivity contribution is 0.285. The minimum Gasteiger partial charge on any atom is -0.391 e. The van der Waals surface area contributed by atoms with Gasteiger partial charge < -0.3 is 5.11 Å². The molecule has 86 valence electrons. The van der Waals surface area contributed by atoms with Crippen LogP contribution in [0.4, 0.5) is 0 Å². The Kier molecular flexibility index (Phi) is 4.27. The molecule has 0 bridgehead atoms. The van der Waals surface area contributed by atoms with E-state index < -0.39 is 10.0 Å². The van der Waals surface area contributed by atoms with Gasteiger partial charge in [0, 0.05) is 23.3 Å². The Bertz CT molecular complexity index is 407. The highest BCUT2D eigenvalue weighted by molar-refractivity contribution is 7.89. The average Bonchev–Trinajstić information content (AvgIpc) is 2.67. The van der Waals surface area contributed by atoms with Gasteiger partial charge in [0.2, 0.25) is 10.0 Å². The van der Waals surface area contributed by atoms with Crippen LogP contribution in [0.2, 0.25) is 0 Å². The second-order valence-corrected chi connectivity index (χ2v) is 5.93. The van der Waals surface area contributed by atoms with Crippen LogP contribution < -0.4 is 0 Å². The Morgan fingerprint density at radius 1 is 1.40 bits per heavy atom. The standard InChI is InChI=1S/C9H15NO3S2/c1-3-10(4-2)15(12,13)9-5-8(6-11)14-7-9/h5,7,11H,3-4,6H2,1-2H3. The highest BCUT2D eigenvalue weighted by Crippen LogP contribution is 2.22. The molecule has 0 aliphatic rings. The number of sulfonamides is 1. The first-order valence-corrected chi connectivity index (χ1v) is 7.06. The zero-order valence-corrected chi connectivity index (χ0v) is 10.4. The van der Waals surface area contributed by atoms with Crippen LogP contribution in [0.25, 0.3) is 0 Å². The van der Waals surface area contributed by atoms with Crippen LogP contribution in [0.1, 0.15) is 18.7 Å². The van der Waals surface area contributed by atoms with Gasteiger partial charge in [-0.2, -0.15) is 4.31 Å². The van der Waals surface area contributed by atoms with Crippen LogP contribution in [-0.4, -0.2) is 30.9 Å². The largest absolute Gasteiger partial charge is 0.391 e. The van der Waals surface area contributed by atoms with Crippen LogP contribution >= 0.6 is 11.3 Å². The zero-order valence-electron chi connectivity index (χ0n) is 8.80. The van der Waals surface area contributed by atoms with E-state index in [9.17, 15) is 8.42 Å². The van der Waals surface area contributed by atoms with E-state index in [0.717, 1.165) is 0 Å². The van der Waals surface area contributed by atoms with Crippen molar-refractivity contribution in [3.8, 4) is 0 Å². The van der Waals surface area contributed by atoms with Gasteiger partial charge in [0.1, 0.15) is 0 Å². The highest BCUT2D eigenvalue weighted by Gasteiger charge is 2.22. The summed E-state index contributed by atoms with van der Waals surface area (Å²) in [4.78, 5) is 0.945. The molecule has 1 N–H and O–H groups in total. The Labute approximate surface area is 94.2 Å². The minimum atomic E-state index is -3.36. The summed E-state index contributed by atoms with van der Waals surface area (Å²) >= 11 is 1.26. The van der Waals surface area contributed by atoms with Crippen molar-refractivity contribution < 1.29 is 13.5 Å². The van der Waals surface area contributed by atoms with Crippen molar-refractivity contribution in [1.29, 1.82) is 0 Å². The first-order chi connectivity index (χ1) is 7.06. The molecule has 15 heavy (non-hydrogen) atoms. The number of hydrogen-bond donors (Lipinski definition) is 1. The summed E-state index contributed by atoms with van der Waals surface area (Å²) in [6, 6.07) is 1.53. The molecule has 0 atom stereocenters. The van der Waals surface area contributed by atoms with Crippen LogP contribution in [0.5, 0.6) is 0 Å². The molecule has 0 aromatic carbocycles. The molecule has 1 rings (SSSR count). The predicted molar refractivity (Wildman–Crippen MR) is 60.3 cm³/mol. The maximum atomic E-state index is 12.0. The summed E-state index contributed by atoms with van der Waals surface area (Å²) in [5, 5.41) is 10.4. The van der Waals surface area contributed by atoms with Crippen molar-refractivity contribution in [3.63, 3.8) is 0 Å². The van der Waals surface area contributed by atoms with E-state index in [1.165, 1.54) is 21.7 Å². The highest BCUT2D eigenvalue weighted by atomic mass is 32.2. The summed E-state index contributed by atoms with van der Waals surface area (Å²) < 4.78 is 25.3. The quantitative estimate of drug-likeness (QED) is 0.855. The molecule has 0 aliphatic carbocycles. The van der Waals surface area contributed by atoms with E-state index in [0.29, 0.717) is 18.0 Å². The summed E-state index contributed by atoms with van der Waals surface area (Å²) in [7, 11) is -3.36. The van der Waals surface area contributed by atoms with Gasteiger partial charge in [-0.3, -0.25) is 0 Å². The van der Waals surface area contributed by atoms with Gasteiger partial charge in [0.05, 0.1) is 11.5 Å². The van der Waals surface area contributed by atoms with Crippen molar-refractivity contribution in [2.24, 2.45) is 0 Å². The number of thiophene rings is 1. The van der Waals surface area contributed by atoms with Crippen molar-refractivity contribution >= 4 is 21.4 Å². The number of hydrogen-bond acceptors (Lipinski definition) is 4. The monoisotopic (exact) mass is 249 g/mol. The molecule has 1 aromatic heterocycles. The Morgan fingerprint density at radius 3 is 2.40 bits per heavy atom. The third-order valence-corrected chi connectivity index (χ3v) is 5.23. The van der Waals surface area contributed by atoms with Crippen LogP contribution in [0.15, 0.2) is 16.3 Å². The molecule has 6 heteroatoms. The summed E-state index contributed by atoms with van der Waals surface area (Å²) in [6.45, 7) is 4.42. The van der Waals surface area contributed by atoms with Gasteiger partial charge in [-0.15, -0.1) is 11.3 Å². The van der Waals surface area contributed by atoms with E-state index in [-0.39, 0.29) is 11.5 Å². The molecule has 0 saturated heterocycles. The molecule has 0 amide bonds. The SMILES string of the molecule is CCN(CC)S(=O)(=O)c1csc(CO)c1. The molecule has 4 nitrogen and oxygen atoms in total. The second kappa shape index (κ2) is 5.07. The summed E-state index contributed by atoms with van der Waals surface area (Å²) in [5.74, 6) is 0. The van der Waals surface area contributed by atoms with Gasteiger partial charge in [0.15, 0.2) is 0 Å². The number of aliphatic hydroxyl groups excluding tert-OH is 1. The molecular formula is C9H15NO3S2. The molecule has 0 aliphatic heterocycles. The second-order valence-electron chi connectivity index (χ2n) is 3.00. The Balaban J connectivity index is 3.04. The van der Waals surface area contributed by atoms with E-state index in [4.69, 9.17) is 5.11 Å². The Hall–Kier alpha value is -0.430. The molecule has 1 aromatic rings. The van der Waals surface area contributed by atoms with Gasteiger partial charge in [-0.1, -0.05) is 13.8 Å². The minimum absolute atomic E-state index is 0.113. The predicted octanol–water partition coefficient (Wildman–Crippen LogP) is 1.27. The first kappa shape index (κ1) is 12.6. The molecule has 0 saturated carbocycles. The molecule has 0 spiro atoms. The molecule has 1 heterocycles. The van der Waals surface area contributed by atoms with Crippen LogP contribution in [0, 0.1) is 0 Å². The Morgan fingerprint density at radius 2 is 2.00 bits per heavy atom. The lowest BCUT2D eigenvalue weighted by Crippen LogP contribution is -2.30. The first-order valence-electron chi connectivity index (χ1n) is 4.74. The topological polar surface area (TPSA) is 57.6 Å². The van der Waals surface area contributed by atoms with Gasteiger partial charge in [0.25, 0.3) is 0 Å². The van der Waals surface area contributed by atoms with E-state index in [2.05, 4.69) is 0 Å². The fourth-order valence-electron chi connectivity index (χ4n) is 1.29. The van der Waals surface area contributed by atoms with Crippen molar-refractivity contribution in [1.82, 2.24) is 4.31 Å². The maximum absolute atomic E-state index is 12.0.